The van der Waals surface area contributed by atoms with Gasteiger partial charge in [0.25, 0.3) is 0 Å². The lowest BCUT2D eigenvalue weighted by Gasteiger charge is -2.37. The predicted octanol–water partition coefficient (Wildman–Crippen LogP) is 0.605. The van der Waals surface area contributed by atoms with Gasteiger partial charge in [-0.25, -0.2) is 4.39 Å². The molecule has 0 aromatic carbocycles. The maximum absolute atomic E-state index is 12.1. The van der Waals surface area contributed by atoms with Crippen LogP contribution in [0.5, 0.6) is 0 Å². The number of hydrogen-bond acceptors (Lipinski definition) is 3. The molecule has 2 unspecified atom stereocenters. The number of alkyl halides is 1. The molecule has 2 atom stereocenters. The lowest BCUT2D eigenvalue weighted by molar-refractivity contribution is -0.0978. The highest BCUT2D eigenvalue weighted by molar-refractivity contribution is 4.86. The minimum atomic E-state index is -0.929. The van der Waals surface area contributed by atoms with Crippen molar-refractivity contribution >= 4 is 0 Å². The molecule has 4 heteroatoms. The zero-order chi connectivity index (χ0) is 9.73. The van der Waals surface area contributed by atoms with Crippen molar-refractivity contribution in [3.8, 4) is 0 Å². The van der Waals surface area contributed by atoms with Crippen LogP contribution in [0.15, 0.2) is 0 Å². The highest BCUT2D eigenvalue weighted by Crippen LogP contribution is 2.28. The zero-order valence-corrected chi connectivity index (χ0v) is 7.84. The van der Waals surface area contributed by atoms with Crippen molar-refractivity contribution in [2.75, 3.05) is 19.8 Å². The van der Waals surface area contributed by atoms with Crippen LogP contribution in [0.4, 0.5) is 4.39 Å². The smallest absolute Gasteiger partial charge is 0.115 e. The highest BCUT2D eigenvalue weighted by Gasteiger charge is 2.33. The second kappa shape index (κ2) is 4.88. The van der Waals surface area contributed by atoms with Gasteiger partial charge >= 0.3 is 0 Å². The van der Waals surface area contributed by atoms with Crippen molar-refractivity contribution in [2.45, 2.75) is 37.4 Å². The number of hydrogen-bond donors (Lipinski definition) is 2. The minimum Gasteiger partial charge on any atom is -0.390 e. The molecule has 3 nitrogen and oxygen atoms in total. The summed E-state index contributed by atoms with van der Waals surface area (Å²) in [5, 5.41) is 9.20. The molecule has 1 aliphatic heterocycles. The van der Waals surface area contributed by atoms with Crippen LogP contribution in [0.25, 0.3) is 0 Å². The number of ether oxygens (including phenoxy) is 1. The zero-order valence-electron chi connectivity index (χ0n) is 7.84. The van der Waals surface area contributed by atoms with Crippen molar-refractivity contribution < 1.29 is 14.2 Å². The Morgan fingerprint density at radius 2 is 2.31 bits per heavy atom. The molecular formula is C9H18FNO2. The molecule has 1 saturated heterocycles. The molecule has 1 rings (SSSR count). The van der Waals surface area contributed by atoms with Crippen LogP contribution in [0.2, 0.25) is 0 Å². The van der Waals surface area contributed by atoms with E-state index < -0.39 is 18.4 Å². The van der Waals surface area contributed by atoms with Gasteiger partial charge < -0.3 is 15.6 Å². The predicted molar refractivity (Wildman–Crippen MR) is 48.2 cm³/mol. The summed E-state index contributed by atoms with van der Waals surface area (Å²) in [5.74, 6) is 0. The van der Waals surface area contributed by atoms with Gasteiger partial charge in [0, 0.05) is 19.6 Å². The van der Waals surface area contributed by atoms with E-state index in [1.54, 1.807) is 0 Å². The molecule has 78 valence electrons. The van der Waals surface area contributed by atoms with Gasteiger partial charge in [-0.05, 0) is 19.3 Å². The topological polar surface area (TPSA) is 55.5 Å². The molecule has 0 aliphatic carbocycles. The van der Waals surface area contributed by atoms with Gasteiger partial charge in [0.2, 0.25) is 0 Å². The van der Waals surface area contributed by atoms with Crippen molar-refractivity contribution in [1.82, 2.24) is 0 Å². The van der Waals surface area contributed by atoms with E-state index in [9.17, 15) is 9.50 Å². The standard InChI is InChI=1S/C9H18FNO2/c10-6-8(12)5-9(7-11)3-1-2-4-13-9/h8,12H,1-7,11H2. The van der Waals surface area contributed by atoms with E-state index in [0.717, 1.165) is 19.3 Å². The van der Waals surface area contributed by atoms with Gasteiger partial charge in [-0.1, -0.05) is 0 Å². The van der Waals surface area contributed by atoms with Crippen molar-refractivity contribution in [3.63, 3.8) is 0 Å². The Kier molecular flexibility index (Phi) is 4.09. The SMILES string of the molecule is NCC1(CC(O)CF)CCCCO1. The second-order valence-corrected chi connectivity index (χ2v) is 3.70. The van der Waals surface area contributed by atoms with E-state index in [0.29, 0.717) is 19.6 Å². The first-order valence-corrected chi connectivity index (χ1v) is 4.80. The van der Waals surface area contributed by atoms with Gasteiger partial charge in [-0.3, -0.25) is 0 Å². The third-order valence-corrected chi connectivity index (χ3v) is 2.59. The van der Waals surface area contributed by atoms with E-state index in [-0.39, 0.29) is 0 Å². The first kappa shape index (κ1) is 10.9. The molecule has 1 heterocycles. The summed E-state index contributed by atoms with van der Waals surface area (Å²) in [6.45, 7) is 0.325. The Bertz CT molecular complexity index is 149. The Balaban J connectivity index is 2.47. The number of halogens is 1. The number of rotatable bonds is 4. The number of nitrogens with two attached hydrogens (primary N) is 1. The molecular weight excluding hydrogens is 173 g/mol. The van der Waals surface area contributed by atoms with Crippen LogP contribution in [0.3, 0.4) is 0 Å². The molecule has 0 radical (unpaired) electrons. The van der Waals surface area contributed by atoms with E-state index in [1.165, 1.54) is 0 Å². The van der Waals surface area contributed by atoms with E-state index in [1.807, 2.05) is 0 Å². The van der Waals surface area contributed by atoms with Gasteiger partial charge in [0.1, 0.15) is 6.67 Å². The normalized spacial score (nSPS) is 31.6. The van der Waals surface area contributed by atoms with E-state index >= 15 is 0 Å². The maximum Gasteiger partial charge on any atom is 0.115 e. The van der Waals surface area contributed by atoms with Crippen LogP contribution in [-0.2, 0) is 4.74 Å². The number of aliphatic hydroxyl groups excluding tert-OH is 1. The summed E-state index contributed by atoms with van der Waals surface area (Å²) in [6.07, 6.45) is 2.31. The average Bonchev–Trinajstić information content (AvgIpc) is 2.19. The molecule has 1 fully saturated rings. The largest absolute Gasteiger partial charge is 0.390 e. The molecule has 0 aromatic heterocycles. The first-order valence-electron chi connectivity index (χ1n) is 4.80. The molecule has 1 aliphatic rings. The molecule has 0 bridgehead atoms. The van der Waals surface area contributed by atoms with Crippen LogP contribution in [-0.4, -0.2) is 36.6 Å². The molecule has 0 spiro atoms. The van der Waals surface area contributed by atoms with E-state index in [4.69, 9.17) is 10.5 Å². The van der Waals surface area contributed by atoms with Crippen molar-refractivity contribution in [2.24, 2.45) is 5.73 Å². The van der Waals surface area contributed by atoms with Crippen LogP contribution in [0.1, 0.15) is 25.7 Å². The molecule has 3 N–H and O–H groups in total. The Labute approximate surface area is 78.1 Å². The van der Waals surface area contributed by atoms with Gasteiger partial charge in [0.15, 0.2) is 0 Å². The Morgan fingerprint density at radius 3 is 2.77 bits per heavy atom. The van der Waals surface area contributed by atoms with Gasteiger partial charge in [0.05, 0.1) is 11.7 Å². The molecule has 0 aromatic rings. The fourth-order valence-corrected chi connectivity index (χ4v) is 1.80. The first-order chi connectivity index (χ1) is 6.22. The summed E-state index contributed by atoms with van der Waals surface area (Å²) in [7, 11) is 0. The number of aliphatic hydroxyl groups is 1. The average molecular weight is 191 g/mol. The third kappa shape index (κ3) is 2.90. The van der Waals surface area contributed by atoms with Crippen LogP contribution >= 0.6 is 0 Å². The molecule has 0 saturated carbocycles. The monoisotopic (exact) mass is 191 g/mol. The maximum atomic E-state index is 12.1. The van der Waals surface area contributed by atoms with Crippen molar-refractivity contribution in [3.05, 3.63) is 0 Å². The van der Waals surface area contributed by atoms with Gasteiger partial charge in [-0.15, -0.1) is 0 Å². The fourth-order valence-electron chi connectivity index (χ4n) is 1.80. The van der Waals surface area contributed by atoms with Gasteiger partial charge in [-0.2, -0.15) is 0 Å². The quantitative estimate of drug-likeness (QED) is 0.684. The third-order valence-electron chi connectivity index (χ3n) is 2.59. The molecule has 0 amide bonds. The minimum absolute atomic E-state index is 0.319. The molecule has 13 heavy (non-hydrogen) atoms. The Morgan fingerprint density at radius 1 is 1.54 bits per heavy atom. The summed E-state index contributed by atoms with van der Waals surface area (Å²) >= 11 is 0. The fraction of sp³-hybridized carbons (Fsp3) is 1.00. The highest BCUT2D eigenvalue weighted by atomic mass is 19.1. The van der Waals surface area contributed by atoms with E-state index in [2.05, 4.69) is 0 Å². The lowest BCUT2D eigenvalue weighted by atomic mass is 9.88. The summed E-state index contributed by atoms with van der Waals surface area (Å²) in [6, 6.07) is 0. The van der Waals surface area contributed by atoms with Crippen molar-refractivity contribution in [1.29, 1.82) is 0 Å². The summed E-state index contributed by atoms with van der Waals surface area (Å²) in [4.78, 5) is 0. The Hall–Kier alpha value is -0.190. The van der Waals surface area contributed by atoms with Crippen LogP contribution < -0.4 is 5.73 Å². The van der Waals surface area contributed by atoms with Crippen LogP contribution in [0, 0.1) is 0 Å². The summed E-state index contributed by atoms with van der Waals surface area (Å²) in [5.41, 5.74) is 5.11. The lowest BCUT2D eigenvalue weighted by Crippen LogP contribution is -2.46. The second-order valence-electron chi connectivity index (χ2n) is 3.70. The summed E-state index contributed by atoms with van der Waals surface area (Å²) < 4.78 is 17.6.